The Bertz CT molecular complexity index is 1300. The summed E-state index contributed by atoms with van der Waals surface area (Å²) in [6.07, 6.45) is 4.15. The minimum absolute atomic E-state index is 0.00127. The fourth-order valence-corrected chi connectivity index (χ4v) is 4.92. The van der Waals surface area contributed by atoms with Crippen LogP contribution in [0, 0.1) is 0 Å². The molecule has 0 spiro atoms. The summed E-state index contributed by atoms with van der Waals surface area (Å²) in [6.45, 7) is 0. The fraction of sp³-hybridized carbons (Fsp3) is 0.185. The summed E-state index contributed by atoms with van der Waals surface area (Å²) in [5.74, 6) is -1.81. The van der Waals surface area contributed by atoms with Crippen molar-refractivity contribution >= 4 is 34.7 Å². The number of hydrogen-bond donors (Lipinski definition) is 2. The van der Waals surface area contributed by atoms with Crippen molar-refractivity contribution in [3.63, 3.8) is 0 Å². The first-order chi connectivity index (χ1) is 16.0. The number of amides is 1. The SMILES string of the molecule is O=C1C(=O)N(c2ccccc2)C(c2ccc(O)c(Cl)c2)/C1=C(/O)c1ccc2c(c1)CCCC2. The van der Waals surface area contributed by atoms with Gasteiger partial charge in [-0.1, -0.05) is 48.0 Å². The summed E-state index contributed by atoms with van der Waals surface area (Å²) in [5, 5.41) is 21.3. The van der Waals surface area contributed by atoms with Crippen LogP contribution in [0.1, 0.15) is 41.1 Å². The highest BCUT2D eigenvalue weighted by Gasteiger charge is 2.47. The average Bonchev–Trinajstić information content (AvgIpc) is 3.11. The Balaban J connectivity index is 1.71. The summed E-state index contributed by atoms with van der Waals surface area (Å²) in [6, 6.07) is 18.2. The zero-order chi connectivity index (χ0) is 23.1. The summed E-state index contributed by atoms with van der Waals surface area (Å²) in [4.78, 5) is 27.8. The lowest BCUT2D eigenvalue weighted by molar-refractivity contribution is -0.132. The Labute approximate surface area is 196 Å². The van der Waals surface area contributed by atoms with E-state index in [9.17, 15) is 19.8 Å². The van der Waals surface area contributed by atoms with Crippen LogP contribution in [-0.2, 0) is 22.4 Å². The summed E-state index contributed by atoms with van der Waals surface area (Å²) in [7, 11) is 0. The van der Waals surface area contributed by atoms with Crippen molar-refractivity contribution < 1.29 is 19.8 Å². The number of fused-ring (bicyclic) bond motifs is 1. The van der Waals surface area contributed by atoms with Crippen LogP contribution in [0.3, 0.4) is 0 Å². The highest BCUT2D eigenvalue weighted by Crippen LogP contribution is 2.43. The number of anilines is 1. The van der Waals surface area contributed by atoms with E-state index in [2.05, 4.69) is 0 Å². The number of Topliss-reactive ketones (excluding diaryl/α,β-unsaturated/α-hetero) is 1. The minimum atomic E-state index is -0.887. The molecule has 5 rings (SSSR count). The number of aliphatic hydroxyl groups excluding tert-OH is 1. The van der Waals surface area contributed by atoms with Crippen LogP contribution >= 0.6 is 11.6 Å². The quantitative estimate of drug-likeness (QED) is 0.306. The fourth-order valence-electron chi connectivity index (χ4n) is 4.73. The van der Waals surface area contributed by atoms with Gasteiger partial charge in [0.25, 0.3) is 11.7 Å². The third kappa shape index (κ3) is 3.68. The Kier molecular flexibility index (Phi) is 5.43. The molecule has 2 aliphatic rings. The lowest BCUT2D eigenvalue weighted by Crippen LogP contribution is -2.29. The van der Waals surface area contributed by atoms with Gasteiger partial charge in [-0.05, 0) is 72.7 Å². The number of phenols is 1. The minimum Gasteiger partial charge on any atom is -0.507 e. The number of halogens is 1. The van der Waals surface area contributed by atoms with E-state index in [0.29, 0.717) is 16.8 Å². The number of aliphatic hydroxyl groups is 1. The zero-order valence-electron chi connectivity index (χ0n) is 17.8. The number of nitrogens with zero attached hydrogens (tertiary/aromatic N) is 1. The van der Waals surface area contributed by atoms with Crippen LogP contribution in [0.15, 0.2) is 72.3 Å². The number of aryl methyl sites for hydroxylation is 2. The number of benzene rings is 3. The van der Waals surface area contributed by atoms with E-state index in [0.717, 1.165) is 31.2 Å². The molecule has 1 heterocycles. The number of carbonyl (C=O) groups is 2. The van der Waals surface area contributed by atoms with Crippen LogP contribution in [0.4, 0.5) is 5.69 Å². The predicted octanol–water partition coefficient (Wildman–Crippen LogP) is 5.55. The first-order valence-electron chi connectivity index (χ1n) is 10.9. The molecule has 0 radical (unpaired) electrons. The normalized spacial score (nSPS) is 19.5. The summed E-state index contributed by atoms with van der Waals surface area (Å²) >= 11 is 6.17. The second kappa shape index (κ2) is 8.41. The van der Waals surface area contributed by atoms with Crippen molar-refractivity contribution in [1.29, 1.82) is 0 Å². The molecule has 1 saturated heterocycles. The molecule has 1 aliphatic carbocycles. The van der Waals surface area contributed by atoms with Crippen molar-refractivity contribution in [1.82, 2.24) is 0 Å². The Morgan fingerprint density at radius 1 is 0.909 bits per heavy atom. The van der Waals surface area contributed by atoms with Crippen LogP contribution in [0.25, 0.3) is 5.76 Å². The van der Waals surface area contributed by atoms with Gasteiger partial charge in [-0.25, -0.2) is 0 Å². The van der Waals surface area contributed by atoms with Gasteiger partial charge in [-0.15, -0.1) is 0 Å². The van der Waals surface area contributed by atoms with Gasteiger partial charge < -0.3 is 10.2 Å². The molecule has 0 aromatic heterocycles. The van der Waals surface area contributed by atoms with E-state index in [1.165, 1.54) is 22.6 Å². The number of ketones is 1. The van der Waals surface area contributed by atoms with E-state index in [1.54, 1.807) is 36.4 Å². The second-order valence-electron chi connectivity index (χ2n) is 8.41. The summed E-state index contributed by atoms with van der Waals surface area (Å²) < 4.78 is 0. The smallest absolute Gasteiger partial charge is 0.300 e. The molecule has 3 aromatic rings. The predicted molar refractivity (Wildman–Crippen MR) is 127 cm³/mol. The second-order valence-corrected chi connectivity index (χ2v) is 8.81. The number of carbonyl (C=O) groups excluding carboxylic acids is 2. The van der Waals surface area contributed by atoms with Gasteiger partial charge in [0.1, 0.15) is 11.5 Å². The highest BCUT2D eigenvalue weighted by atomic mass is 35.5. The molecule has 1 unspecified atom stereocenters. The van der Waals surface area contributed by atoms with Gasteiger partial charge in [0.05, 0.1) is 16.6 Å². The molecular formula is C27H22ClNO4. The maximum Gasteiger partial charge on any atom is 0.300 e. The van der Waals surface area contributed by atoms with Crippen LogP contribution < -0.4 is 4.90 Å². The van der Waals surface area contributed by atoms with E-state index < -0.39 is 17.7 Å². The van der Waals surface area contributed by atoms with Gasteiger partial charge in [-0.3, -0.25) is 14.5 Å². The molecule has 1 aliphatic heterocycles. The third-order valence-electron chi connectivity index (χ3n) is 6.39. The Hall–Kier alpha value is -3.57. The monoisotopic (exact) mass is 459 g/mol. The lowest BCUT2D eigenvalue weighted by atomic mass is 9.88. The van der Waals surface area contributed by atoms with Gasteiger partial charge >= 0.3 is 0 Å². The molecule has 1 amide bonds. The number of rotatable bonds is 3. The standard InChI is InChI=1S/C27H22ClNO4/c28-21-15-18(12-13-22(21)30)24-23(26(32)27(33)29(24)20-8-2-1-3-9-20)25(31)19-11-10-16-6-4-5-7-17(16)14-19/h1-3,8-15,24,30-31H,4-7H2/b25-23-. The molecule has 3 aromatic carbocycles. The van der Waals surface area contributed by atoms with Crippen LogP contribution in [0.2, 0.25) is 5.02 Å². The van der Waals surface area contributed by atoms with Crippen LogP contribution in [-0.4, -0.2) is 21.9 Å². The van der Waals surface area contributed by atoms with Crippen molar-refractivity contribution in [2.75, 3.05) is 4.90 Å². The average molecular weight is 460 g/mol. The van der Waals surface area contributed by atoms with Gasteiger partial charge in [0.15, 0.2) is 0 Å². The molecule has 5 nitrogen and oxygen atoms in total. The summed E-state index contributed by atoms with van der Waals surface area (Å²) in [5.41, 5.74) is 3.97. The van der Waals surface area contributed by atoms with Crippen molar-refractivity contribution in [3.8, 4) is 5.75 Å². The Morgan fingerprint density at radius 2 is 1.64 bits per heavy atom. The van der Waals surface area contributed by atoms with E-state index in [1.807, 2.05) is 18.2 Å². The maximum absolute atomic E-state index is 13.2. The molecule has 1 atom stereocenters. The molecule has 0 saturated carbocycles. The topological polar surface area (TPSA) is 77.8 Å². The Morgan fingerprint density at radius 3 is 2.36 bits per heavy atom. The third-order valence-corrected chi connectivity index (χ3v) is 6.69. The molecular weight excluding hydrogens is 438 g/mol. The maximum atomic E-state index is 13.2. The van der Waals surface area contributed by atoms with Crippen LogP contribution in [0.5, 0.6) is 5.75 Å². The van der Waals surface area contributed by atoms with Gasteiger partial charge in [-0.2, -0.15) is 0 Å². The largest absolute Gasteiger partial charge is 0.507 e. The van der Waals surface area contributed by atoms with E-state index >= 15 is 0 Å². The molecule has 1 fully saturated rings. The molecule has 6 heteroatoms. The van der Waals surface area contributed by atoms with Crippen molar-refractivity contribution in [3.05, 3.63) is 99.6 Å². The van der Waals surface area contributed by atoms with E-state index in [4.69, 9.17) is 11.6 Å². The number of aromatic hydroxyl groups is 1. The van der Waals surface area contributed by atoms with Gasteiger partial charge in [0.2, 0.25) is 0 Å². The van der Waals surface area contributed by atoms with E-state index in [-0.39, 0.29) is 22.1 Å². The van der Waals surface area contributed by atoms with Crippen molar-refractivity contribution in [2.24, 2.45) is 0 Å². The molecule has 166 valence electrons. The number of phenolic OH excluding ortho intramolecular Hbond substituents is 1. The van der Waals surface area contributed by atoms with Gasteiger partial charge in [0, 0.05) is 11.3 Å². The number of para-hydroxylation sites is 1. The highest BCUT2D eigenvalue weighted by molar-refractivity contribution is 6.51. The molecule has 33 heavy (non-hydrogen) atoms. The lowest BCUT2D eigenvalue weighted by Gasteiger charge is -2.25. The number of hydrogen-bond acceptors (Lipinski definition) is 4. The van der Waals surface area contributed by atoms with Crippen molar-refractivity contribution in [2.45, 2.75) is 31.7 Å². The zero-order valence-corrected chi connectivity index (χ0v) is 18.5. The first-order valence-corrected chi connectivity index (χ1v) is 11.3. The molecule has 2 N–H and O–H groups in total. The first kappa shape index (κ1) is 21.3. The molecule has 0 bridgehead atoms.